The molecule has 0 saturated carbocycles. The summed E-state index contributed by atoms with van der Waals surface area (Å²) in [4.78, 5) is 0. The Morgan fingerprint density at radius 3 is 2.33 bits per heavy atom. The molecule has 0 amide bonds. The number of rotatable bonds is 4. The van der Waals surface area contributed by atoms with E-state index in [1.165, 1.54) is 27.8 Å². The summed E-state index contributed by atoms with van der Waals surface area (Å²) in [6, 6.07) is 11.0. The zero-order valence-electron chi connectivity index (χ0n) is 13.5. The summed E-state index contributed by atoms with van der Waals surface area (Å²) in [5.74, 6) is 0. The van der Waals surface area contributed by atoms with Gasteiger partial charge in [-0.25, -0.2) is 0 Å². The maximum Gasteiger partial charge on any atom is 0.0582 e. The number of hydrogen-bond donors (Lipinski definition) is 1. The van der Waals surface area contributed by atoms with Crippen LogP contribution in [0.15, 0.2) is 30.3 Å². The van der Waals surface area contributed by atoms with E-state index >= 15 is 0 Å². The van der Waals surface area contributed by atoms with Crippen molar-refractivity contribution in [1.29, 1.82) is 0 Å². The number of halogens is 1. The molecule has 0 heterocycles. The summed E-state index contributed by atoms with van der Waals surface area (Å²) >= 11 is 6.25. The van der Waals surface area contributed by atoms with Gasteiger partial charge >= 0.3 is 0 Å². The van der Waals surface area contributed by atoms with Gasteiger partial charge in [0.05, 0.1) is 6.04 Å². The van der Waals surface area contributed by atoms with Crippen LogP contribution >= 0.6 is 11.6 Å². The first-order valence-corrected chi connectivity index (χ1v) is 7.89. The number of aryl methyl sites for hydroxylation is 3. The Hall–Kier alpha value is -1.31. The van der Waals surface area contributed by atoms with Gasteiger partial charge in [-0.05, 0) is 73.7 Å². The van der Waals surface area contributed by atoms with Gasteiger partial charge in [0.15, 0.2) is 0 Å². The Labute approximate surface area is 133 Å². The molecule has 0 bridgehead atoms. The minimum Gasteiger partial charge on any atom is -0.307 e. The molecule has 0 aliphatic carbocycles. The number of benzene rings is 2. The average molecular weight is 302 g/mol. The number of nitrogens with one attached hydrogen (secondary N) is 1. The molecule has 1 N–H and O–H groups in total. The lowest BCUT2D eigenvalue weighted by Crippen LogP contribution is -2.24. The van der Waals surface area contributed by atoms with Crippen LogP contribution in [0, 0.1) is 27.7 Å². The highest BCUT2D eigenvalue weighted by atomic mass is 35.5. The summed E-state index contributed by atoms with van der Waals surface area (Å²) in [7, 11) is 0. The van der Waals surface area contributed by atoms with Crippen molar-refractivity contribution in [3.63, 3.8) is 0 Å². The molecule has 2 aromatic carbocycles. The molecular formula is C19H24ClN. The van der Waals surface area contributed by atoms with Gasteiger partial charge < -0.3 is 5.32 Å². The van der Waals surface area contributed by atoms with Crippen molar-refractivity contribution in [1.82, 2.24) is 5.32 Å². The Morgan fingerprint density at radius 1 is 0.952 bits per heavy atom. The van der Waals surface area contributed by atoms with Crippen LogP contribution in [0.5, 0.6) is 0 Å². The largest absolute Gasteiger partial charge is 0.307 e. The third-order valence-corrected chi connectivity index (χ3v) is 4.63. The molecule has 1 unspecified atom stereocenters. The van der Waals surface area contributed by atoms with E-state index in [0.717, 1.165) is 17.1 Å². The van der Waals surface area contributed by atoms with E-state index in [-0.39, 0.29) is 6.04 Å². The van der Waals surface area contributed by atoms with E-state index in [1.54, 1.807) is 0 Å². The van der Waals surface area contributed by atoms with Crippen molar-refractivity contribution in [3.05, 3.63) is 68.7 Å². The Bertz CT molecular complexity index is 646. The van der Waals surface area contributed by atoms with Gasteiger partial charge in [0, 0.05) is 5.02 Å². The minimum atomic E-state index is 0.214. The molecule has 0 aliphatic rings. The fourth-order valence-corrected chi connectivity index (χ4v) is 3.01. The van der Waals surface area contributed by atoms with Crippen molar-refractivity contribution in [2.45, 2.75) is 40.7 Å². The first kappa shape index (κ1) is 16.1. The van der Waals surface area contributed by atoms with Crippen molar-refractivity contribution in [2.75, 3.05) is 6.54 Å². The molecular weight excluding hydrogens is 278 g/mol. The third-order valence-electron chi connectivity index (χ3n) is 4.22. The van der Waals surface area contributed by atoms with Crippen LogP contribution in [0.25, 0.3) is 0 Å². The van der Waals surface area contributed by atoms with E-state index < -0.39 is 0 Å². The zero-order valence-corrected chi connectivity index (χ0v) is 14.3. The monoisotopic (exact) mass is 301 g/mol. The predicted octanol–water partition coefficient (Wildman–Crippen LogP) is 5.27. The molecule has 0 saturated heterocycles. The zero-order chi connectivity index (χ0) is 15.6. The Kier molecular flexibility index (Phi) is 5.08. The summed E-state index contributed by atoms with van der Waals surface area (Å²) in [6.45, 7) is 11.7. The number of hydrogen-bond acceptors (Lipinski definition) is 1. The van der Waals surface area contributed by atoms with Gasteiger partial charge in [-0.15, -0.1) is 0 Å². The molecule has 0 spiro atoms. The fraction of sp³-hybridized carbons (Fsp3) is 0.368. The second kappa shape index (κ2) is 6.64. The summed E-state index contributed by atoms with van der Waals surface area (Å²) in [6.07, 6.45) is 0. The van der Waals surface area contributed by atoms with E-state index in [1.807, 2.05) is 0 Å². The van der Waals surface area contributed by atoms with Crippen LogP contribution in [-0.4, -0.2) is 6.54 Å². The molecule has 1 nitrogen and oxygen atoms in total. The predicted molar refractivity (Wildman–Crippen MR) is 92.4 cm³/mol. The van der Waals surface area contributed by atoms with Crippen LogP contribution < -0.4 is 5.32 Å². The van der Waals surface area contributed by atoms with Crippen molar-refractivity contribution in [2.24, 2.45) is 0 Å². The SMILES string of the molecule is CCNC(c1cc(C)c(Cl)cc1C)c1cccc(C)c1C. The van der Waals surface area contributed by atoms with Gasteiger partial charge in [0.25, 0.3) is 0 Å². The second-order valence-corrected chi connectivity index (χ2v) is 6.15. The molecule has 2 rings (SSSR count). The van der Waals surface area contributed by atoms with Gasteiger partial charge in [0.2, 0.25) is 0 Å². The average Bonchev–Trinajstić information content (AvgIpc) is 2.44. The highest BCUT2D eigenvalue weighted by molar-refractivity contribution is 6.31. The second-order valence-electron chi connectivity index (χ2n) is 5.74. The highest BCUT2D eigenvalue weighted by Gasteiger charge is 2.18. The molecule has 0 aliphatic heterocycles. The van der Waals surface area contributed by atoms with Crippen LogP contribution in [0.1, 0.15) is 46.3 Å². The lowest BCUT2D eigenvalue weighted by Gasteiger charge is -2.24. The molecule has 112 valence electrons. The molecule has 2 heteroatoms. The van der Waals surface area contributed by atoms with Gasteiger partial charge in [0.1, 0.15) is 0 Å². The lowest BCUT2D eigenvalue weighted by molar-refractivity contribution is 0.624. The third kappa shape index (κ3) is 3.30. The molecule has 0 fully saturated rings. The lowest BCUT2D eigenvalue weighted by atomic mass is 9.89. The van der Waals surface area contributed by atoms with E-state index in [2.05, 4.69) is 70.3 Å². The van der Waals surface area contributed by atoms with E-state index in [4.69, 9.17) is 11.6 Å². The highest BCUT2D eigenvalue weighted by Crippen LogP contribution is 2.31. The normalized spacial score (nSPS) is 12.5. The van der Waals surface area contributed by atoms with E-state index in [9.17, 15) is 0 Å². The van der Waals surface area contributed by atoms with Crippen molar-refractivity contribution < 1.29 is 0 Å². The molecule has 0 radical (unpaired) electrons. The Morgan fingerprint density at radius 2 is 1.67 bits per heavy atom. The van der Waals surface area contributed by atoms with Gasteiger partial charge in [-0.1, -0.05) is 42.8 Å². The maximum atomic E-state index is 6.25. The molecule has 0 aromatic heterocycles. The quantitative estimate of drug-likeness (QED) is 0.811. The topological polar surface area (TPSA) is 12.0 Å². The van der Waals surface area contributed by atoms with Crippen LogP contribution in [0.4, 0.5) is 0 Å². The Balaban J connectivity index is 2.59. The molecule has 1 atom stereocenters. The standard InChI is InChI=1S/C19H24ClN/c1-6-21-19(16-9-7-8-12(2)15(16)5)17-10-14(4)18(20)11-13(17)3/h7-11,19,21H,6H2,1-5H3. The minimum absolute atomic E-state index is 0.214. The smallest absolute Gasteiger partial charge is 0.0582 e. The van der Waals surface area contributed by atoms with Gasteiger partial charge in [-0.2, -0.15) is 0 Å². The van der Waals surface area contributed by atoms with Crippen LogP contribution in [-0.2, 0) is 0 Å². The van der Waals surface area contributed by atoms with Crippen molar-refractivity contribution in [3.8, 4) is 0 Å². The van der Waals surface area contributed by atoms with Crippen LogP contribution in [0.2, 0.25) is 5.02 Å². The first-order valence-electron chi connectivity index (χ1n) is 7.51. The molecule has 21 heavy (non-hydrogen) atoms. The first-order chi connectivity index (χ1) is 9.95. The van der Waals surface area contributed by atoms with Crippen molar-refractivity contribution >= 4 is 11.6 Å². The summed E-state index contributed by atoms with van der Waals surface area (Å²) < 4.78 is 0. The van der Waals surface area contributed by atoms with Gasteiger partial charge in [-0.3, -0.25) is 0 Å². The van der Waals surface area contributed by atoms with Crippen LogP contribution in [0.3, 0.4) is 0 Å². The van der Waals surface area contributed by atoms with E-state index in [0.29, 0.717) is 0 Å². The maximum absolute atomic E-state index is 6.25. The summed E-state index contributed by atoms with van der Waals surface area (Å²) in [5.41, 5.74) is 7.71. The fourth-order valence-electron chi connectivity index (χ4n) is 2.79. The molecule has 2 aromatic rings. The summed E-state index contributed by atoms with van der Waals surface area (Å²) in [5, 5.41) is 4.47.